The van der Waals surface area contributed by atoms with Crippen molar-refractivity contribution in [2.24, 2.45) is 5.41 Å². The second-order valence-corrected chi connectivity index (χ2v) is 8.12. The third-order valence-electron chi connectivity index (χ3n) is 4.50. The number of hydrogen-bond acceptors (Lipinski definition) is 5. The van der Waals surface area contributed by atoms with Gasteiger partial charge in [0, 0.05) is 33.3 Å². The lowest BCUT2D eigenvalue weighted by Gasteiger charge is -2.34. The van der Waals surface area contributed by atoms with Crippen LogP contribution in [0.3, 0.4) is 0 Å². The van der Waals surface area contributed by atoms with Crippen LogP contribution in [0.25, 0.3) is 0 Å². The highest BCUT2D eigenvalue weighted by Crippen LogP contribution is 2.43. The molecule has 150 valence electrons. The molecule has 2 aromatic carbocycles. The number of aromatic hydroxyl groups is 1. The van der Waals surface area contributed by atoms with E-state index in [0.29, 0.717) is 23.2 Å². The standard InChI is InChI=1S/C21H24BrNO5/c1-13(25)14-4-7-16(8-5-14)23-20(27)28-19(21(2,3)10-11-24)17-12-15(22)6-9-18(17)26/h4-9,12,19,24,26H,10-11H2,1-3H3,(H,23,27)/t19-/m1/s1. The summed E-state index contributed by atoms with van der Waals surface area (Å²) in [6.45, 7) is 5.08. The average molecular weight is 450 g/mol. The second kappa shape index (κ2) is 9.21. The number of carbonyl (C=O) groups excluding carboxylic acids is 2. The number of phenolic OH excluding ortho intramolecular Hbond substituents is 1. The summed E-state index contributed by atoms with van der Waals surface area (Å²) in [6.07, 6.45) is -1.14. The van der Waals surface area contributed by atoms with Crippen molar-refractivity contribution < 1.29 is 24.5 Å². The summed E-state index contributed by atoms with van der Waals surface area (Å²) in [5, 5.41) is 22.3. The number of nitrogens with one attached hydrogen (secondary N) is 1. The Morgan fingerprint density at radius 1 is 1.18 bits per heavy atom. The van der Waals surface area contributed by atoms with Gasteiger partial charge in [0.25, 0.3) is 0 Å². The molecule has 2 rings (SSSR count). The van der Waals surface area contributed by atoms with E-state index < -0.39 is 17.6 Å². The quantitative estimate of drug-likeness (QED) is 0.513. The summed E-state index contributed by atoms with van der Waals surface area (Å²) >= 11 is 3.36. The van der Waals surface area contributed by atoms with Gasteiger partial charge < -0.3 is 14.9 Å². The fraction of sp³-hybridized carbons (Fsp3) is 0.333. The van der Waals surface area contributed by atoms with E-state index in [9.17, 15) is 19.8 Å². The number of rotatable bonds is 7. The minimum absolute atomic E-state index is 0.00201. The van der Waals surface area contributed by atoms with Crippen LogP contribution in [0.1, 0.15) is 49.2 Å². The fourth-order valence-electron chi connectivity index (χ4n) is 2.84. The van der Waals surface area contributed by atoms with E-state index in [1.165, 1.54) is 13.0 Å². The predicted octanol–water partition coefficient (Wildman–Crippen LogP) is 5.06. The van der Waals surface area contributed by atoms with Crippen LogP contribution in [0.4, 0.5) is 10.5 Å². The molecule has 1 amide bonds. The summed E-state index contributed by atoms with van der Waals surface area (Å²) in [4.78, 5) is 23.9. The van der Waals surface area contributed by atoms with Crippen molar-refractivity contribution in [3.63, 3.8) is 0 Å². The zero-order valence-corrected chi connectivity index (χ0v) is 17.6. The molecule has 2 aromatic rings. The lowest BCUT2D eigenvalue weighted by atomic mass is 9.79. The topological polar surface area (TPSA) is 95.9 Å². The number of Topliss-reactive ketones (excluding diaryl/α,β-unsaturated/α-hetero) is 1. The number of amides is 1. The maximum atomic E-state index is 12.5. The fourth-order valence-corrected chi connectivity index (χ4v) is 3.22. The molecule has 0 aliphatic carbocycles. The summed E-state index contributed by atoms with van der Waals surface area (Å²) in [6, 6.07) is 11.4. The van der Waals surface area contributed by atoms with Crippen LogP contribution in [-0.4, -0.2) is 28.7 Å². The number of aliphatic hydroxyl groups is 1. The molecular formula is C21H24BrNO5. The largest absolute Gasteiger partial charge is 0.508 e. The third kappa shape index (κ3) is 5.56. The van der Waals surface area contributed by atoms with Crippen molar-refractivity contribution in [2.75, 3.05) is 11.9 Å². The molecule has 28 heavy (non-hydrogen) atoms. The van der Waals surface area contributed by atoms with Crippen LogP contribution in [0.5, 0.6) is 5.75 Å². The first-order valence-corrected chi connectivity index (χ1v) is 9.61. The van der Waals surface area contributed by atoms with Gasteiger partial charge >= 0.3 is 6.09 Å². The Hall–Kier alpha value is -2.38. The van der Waals surface area contributed by atoms with Gasteiger partial charge in [-0.1, -0.05) is 29.8 Å². The molecule has 0 saturated carbocycles. The van der Waals surface area contributed by atoms with E-state index in [1.54, 1.807) is 36.4 Å². The average Bonchev–Trinajstić information content (AvgIpc) is 2.62. The molecule has 0 unspecified atom stereocenters. The minimum Gasteiger partial charge on any atom is -0.508 e. The molecule has 0 heterocycles. The summed E-state index contributed by atoms with van der Waals surface area (Å²) in [5.41, 5.74) is 0.824. The van der Waals surface area contributed by atoms with Gasteiger partial charge in [0.2, 0.25) is 0 Å². The predicted molar refractivity (Wildman–Crippen MR) is 111 cm³/mol. The monoisotopic (exact) mass is 449 g/mol. The maximum absolute atomic E-state index is 12.5. The van der Waals surface area contributed by atoms with E-state index in [2.05, 4.69) is 21.2 Å². The number of ether oxygens (including phenoxy) is 1. The highest BCUT2D eigenvalue weighted by Gasteiger charge is 2.35. The minimum atomic E-state index is -0.798. The van der Waals surface area contributed by atoms with E-state index in [-0.39, 0.29) is 18.1 Å². The Morgan fingerprint density at radius 2 is 1.82 bits per heavy atom. The Labute approximate surface area is 172 Å². The number of aliphatic hydroxyl groups excluding tert-OH is 1. The van der Waals surface area contributed by atoms with Gasteiger partial charge in [-0.05, 0) is 55.8 Å². The lowest BCUT2D eigenvalue weighted by Crippen LogP contribution is -2.30. The van der Waals surface area contributed by atoms with Gasteiger partial charge in [-0.3, -0.25) is 10.1 Å². The molecule has 0 spiro atoms. The van der Waals surface area contributed by atoms with Crippen molar-refractivity contribution in [3.8, 4) is 5.75 Å². The van der Waals surface area contributed by atoms with Crippen molar-refractivity contribution in [3.05, 3.63) is 58.1 Å². The molecule has 0 aliphatic rings. The van der Waals surface area contributed by atoms with Crippen LogP contribution < -0.4 is 5.32 Å². The van der Waals surface area contributed by atoms with Crippen LogP contribution in [0.2, 0.25) is 0 Å². The number of carbonyl (C=O) groups is 2. The summed E-state index contributed by atoms with van der Waals surface area (Å²) in [7, 11) is 0. The van der Waals surface area contributed by atoms with Gasteiger partial charge in [0.1, 0.15) is 11.9 Å². The summed E-state index contributed by atoms with van der Waals surface area (Å²) < 4.78 is 6.39. The van der Waals surface area contributed by atoms with Crippen molar-refractivity contribution in [1.29, 1.82) is 0 Å². The van der Waals surface area contributed by atoms with E-state index in [0.717, 1.165) is 4.47 Å². The number of ketones is 1. The molecule has 6 nitrogen and oxygen atoms in total. The smallest absolute Gasteiger partial charge is 0.412 e. The number of anilines is 1. The third-order valence-corrected chi connectivity index (χ3v) is 4.99. The molecule has 0 fully saturated rings. The highest BCUT2D eigenvalue weighted by atomic mass is 79.9. The number of benzene rings is 2. The van der Waals surface area contributed by atoms with Gasteiger partial charge in [-0.25, -0.2) is 4.79 Å². The number of hydrogen-bond donors (Lipinski definition) is 3. The van der Waals surface area contributed by atoms with Gasteiger partial charge in [-0.2, -0.15) is 0 Å². The van der Waals surface area contributed by atoms with Crippen LogP contribution in [0, 0.1) is 5.41 Å². The van der Waals surface area contributed by atoms with Gasteiger partial charge in [0.05, 0.1) is 0 Å². The molecule has 0 bridgehead atoms. The van der Waals surface area contributed by atoms with Gasteiger partial charge in [-0.15, -0.1) is 0 Å². The normalized spacial score (nSPS) is 12.3. The van der Waals surface area contributed by atoms with Gasteiger partial charge in [0.15, 0.2) is 5.78 Å². The highest BCUT2D eigenvalue weighted by molar-refractivity contribution is 9.10. The van der Waals surface area contributed by atoms with E-state index in [4.69, 9.17) is 4.74 Å². The zero-order chi connectivity index (χ0) is 20.9. The van der Waals surface area contributed by atoms with Crippen LogP contribution in [-0.2, 0) is 4.74 Å². The lowest BCUT2D eigenvalue weighted by molar-refractivity contribution is 0.0138. The van der Waals surface area contributed by atoms with Crippen molar-refractivity contribution in [1.82, 2.24) is 0 Å². The molecule has 7 heteroatoms. The van der Waals surface area contributed by atoms with E-state index >= 15 is 0 Å². The second-order valence-electron chi connectivity index (χ2n) is 7.21. The Balaban J connectivity index is 2.25. The van der Waals surface area contributed by atoms with Crippen LogP contribution >= 0.6 is 15.9 Å². The first-order valence-electron chi connectivity index (χ1n) is 8.82. The zero-order valence-electron chi connectivity index (χ0n) is 16.0. The first-order chi connectivity index (χ1) is 13.1. The van der Waals surface area contributed by atoms with Crippen molar-refractivity contribution >= 4 is 33.5 Å². The molecule has 0 aromatic heterocycles. The molecular weight excluding hydrogens is 426 g/mol. The molecule has 1 atom stereocenters. The Morgan fingerprint density at radius 3 is 2.39 bits per heavy atom. The molecule has 0 aliphatic heterocycles. The first kappa shape index (κ1) is 21.9. The maximum Gasteiger partial charge on any atom is 0.412 e. The SMILES string of the molecule is CC(=O)c1ccc(NC(=O)O[C@H](c2cc(Br)ccc2O)C(C)(C)CCO)cc1. The van der Waals surface area contributed by atoms with E-state index in [1.807, 2.05) is 13.8 Å². The summed E-state index contributed by atoms with van der Waals surface area (Å²) in [5.74, 6) is -0.0668. The Bertz CT molecular complexity index is 848. The molecule has 0 saturated heterocycles. The number of halogens is 1. The van der Waals surface area contributed by atoms with Crippen LogP contribution in [0.15, 0.2) is 46.9 Å². The number of phenols is 1. The Kier molecular flexibility index (Phi) is 7.21. The molecule has 3 N–H and O–H groups in total. The molecule has 0 radical (unpaired) electrons. The van der Waals surface area contributed by atoms with Crippen molar-refractivity contribution in [2.45, 2.75) is 33.3 Å².